The second-order valence-electron chi connectivity index (χ2n) is 17.2. The highest BCUT2D eigenvalue weighted by atomic mass is 16.5. The lowest BCUT2D eigenvalue weighted by Crippen LogP contribution is -2.45. The Morgan fingerprint density at radius 1 is 0.547 bits per heavy atom. The summed E-state index contributed by atoms with van der Waals surface area (Å²) in [4.78, 5) is 0. The number of aromatic nitrogens is 6. The third-order valence-corrected chi connectivity index (χ3v) is 12.4. The van der Waals surface area contributed by atoms with E-state index in [-0.39, 0.29) is 0 Å². The highest BCUT2D eigenvalue weighted by Gasteiger charge is 2.34. The lowest BCUT2D eigenvalue weighted by molar-refractivity contribution is 0.380. The van der Waals surface area contributed by atoms with Gasteiger partial charge in [0, 0.05) is 42.8 Å². The Balaban J connectivity index is 0.908. The molecule has 0 amide bonds. The van der Waals surface area contributed by atoms with Crippen LogP contribution in [-0.2, 0) is 6.42 Å². The van der Waals surface area contributed by atoms with Crippen LogP contribution in [0.3, 0.4) is 0 Å². The number of nitrogens with zero attached hydrogens (tertiary/aromatic N) is 8. The molecule has 0 unspecified atom stereocenters. The number of ether oxygens (including phenoxy) is 2. The van der Waals surface area contributed by atoms with Gasteiger partial charge in [-0.25, -0.2) is 0 Å². The first kappa shape index (κ1) is 39.6. The quantitative estimate of drug-likeness (QED) is 0.0751. The fraction of sp³-hybridized carbons (Fsp3) is 0.320. The van der Waals surface area contributed by atoms with Crippen molar-refractivity contribution in [2.45, 2.75) is 58.3 Å². The van der Waals surface area contributed by atoms with Crippen LogP contribution in [0.5, 0.6) is 11.5 Å². The molecule has 0 saturated heterocycles. The molecule has 64 heavy (non-hydrogen) atoms. The number of rotatable bonds is 18. The lowest BCUT2D eigenvalue weighted by atomic mass is 10.0. The first-order chi connectivity index (χ1) is 31.5. The smallest absolute Gasteiger partial charge is 0.254 e. The Hall–Kier alpha value is -7.22. The number of hydrazine groups is 1. The van der Waals surface area contributed by atoms with Crippen molar-refractivity contribution in [2.24, 2.45) is 17.8 Å². The van der Waals surface area contributed by atoms with E-state index < -0.39 is 0 Å². The topological polar surface area (TPSA) is 155 Å². The van der Waals surface area contributed by atoms with Crippen molar-refractivity contribution in [2.75, 3.05) is 37.3 Å². The molecule has 3 aliphatic carbocycles. The molecule has 3 aliphatic rings. The van der Waals surface area contributed by atoms with Gasteiger partial charge in [0.1, 0.15) is 45.5 Å². The summed E-state index contributed by atoms with van der Waals surface area (Å²) >= 11 is 0. The van der Waals surface area contributed by atoms with E-state index in [0.717, 1.165) is 65.7 Å². The number of benzene rings is 4. The van der Waals surface area contributed by atoms with E-state index in [9.17, 15) is 0 Å². The van der Waals surface area contributed by atoms with Crippen LogP contribution < -0.4 is 19.5 Å². The summed E-state index contributed by atoms with van der Waals surface area (Å²) in [7, 11) is 3.34. The zero-order valence-electron chi connectivity index (χ0n) is 36.1. The predicted molar refractivity (Wildman–Crippen MR) is 240 cm³/mol. The highest BCUT2D eigenvalue weighted by Crippen LogP contribution is 2.44. The normalized spacial score (nSPS) is 14.8. The number of aryl methyl sites for hydroxylation is 2. The van der Waals surface area contributed by atoms with Gasteiger partial charge in [0.25, 0.3) is 23.6 Å². The monoisotopic (exact) mass is 856 g/mol. The summed E-state index contributed by atoms with van der Waals surface area (Å²) < 4.78 is 36.5. The van der Waals surface area contributed by atoms with Gasteiger partial charge in [-0.1, -0.05) is 83.8 Å². The minimum atomic E-state index is 0.322. The third-order valence-electron chi connectivity index (χ3n) is 12.4. The van der Waals surface area contributed by atoms with Gasteiger partial charge < -0.3 is 27.4 Å². The van der Waals surface area contributed by atoms with Crippen LogP contribution in [0.25, 0.3) is 68.3 Å². The Morgan fingerprint density at radius 3 is 1.52 bits per heavy atom. The van der Waals surface area contributed by atoms with Gasteiger partial charge in [-0.3, -0.25) is 10.0 Å². The molecular formula is C50H48N8O6. The summed E-state index contributed by atoms with van der Waals surface area (Å²) in [6.45, 7) is 3.53. The number of hydrogen-bond acceptors (Lipinski definition) is 14. The van der Waals surface area contributed by atoms with Crippen LogP contribution in [0.1, 0.15) is 56.5 Å². The summed E-state index contributed by atoms with van der Waals surface area (Å²) in [6.07, 6.45) is 9.06. The van der Waals surface area contributed by atoms with Crippen molar-refractivity contribution in [3.8, 4) is 79.8 Å². The Kier molecular flexibility index (Phi) is 10.4. The van der Waals surface area contributed by atoms with Crippen LogP contribution in [0.15, 0.2) is 115 Å². The number of hydrogen-bond donors (Lipinski definition) is 0. The van der Waals surface area contributed by atoms with Crippen molar-refractivity contribution in [3.05, 3.63) is 109 Å². The second kappa shape index (κ2) is 16.8. The van der Waals surface area contributed by atoms with Crippen molar-refractivity contribution in [1.82, 2.24) is 30.7 Å². The summed E-state index contributed by atoms with van der Waals surface area (Å²) in [5.41, 5.74) is 7.93. The van der Waals surface area contributed by atoms with E-state index in [4.69, 9.17) is 27.4 Å². The molecule has 8 aromatic rings. The molecular weight excluding hydrogens is 809 g/mol. The first-order valence-electron chi connectivity index (χ1n) is 22.2. The Bertz CT molecular complexity index is 2890. The third kappa shape index (κ3) is 7.99. The average Bonchev–Trinajstić information content (AvgIpc) is 4.31. The molecule has 3 saturated carbocycles. The minimum absolute atomic E-state index is 0.322. The van der Waals surface area contributed by atoms with E-state index in [2.05, 4.69) is 65.0 Å². The zero-order valence-corrected chi connectivity index (χ0v) is 36.1. The van der Waals surface area contributed by atoms with Crippen LogP contribution in [0.2, 0.25) is 0 Å². The van der Waals surface area contributed by atoms with Gasteiger partial charge in [0.2, 0.25) is 0 Å². The predicted octanol–water partition coefficient (Wildman–Crippen LogP) is 11.1. The number of methoxy groups -OCH3 is 2. The van der Waals surface area contributed by atoms with Gasteiger partial charge in [-0.05, 0) is 81.0 Å². The Morgan fingerprint density at radius 2 is 1.02 bits per heavy atom. The van der Waals surface area contributed by atoms with Gasteiger partial charge in [0.05, 0.1) is 36.7 Å². The maximum Gasteiger partial charge on any atom is 0.254 e. The fourth-order valence-electron chi connectivity index (χ4n) is 8.34. The SMILES string of the molecule is COc1cc(N(CC2CC2)N(CC2CC2)c2ccc(-c3nnc(-c4c(-c5ccccc5)noc4CCC4CC4)o3)c(OC)c2)ccc1-c1nnc(-c2c(-c3ccccc3)noc2C)o1. The molecule has 4 aromatic carbocycles. The van der Waals surface area contributed by atoms with E-state index >= 15 is 0 Å². The molecule has 4 heterocycles. The molecule has 0 atom stereocenters. The van der Waals surface area contributed by atoms with Crippen LogP contribution in [-0.4, -0.2) is 58.0 Å². The zero-order chi connectivity index (χ0) is 43.1. The van der Waals surface area contributed by atoms with Crippen LogP contribution >= 0.6 is 0 Å². The van der Waals surface area contributed by atoms with Crippen LogP contribution in [0.4, 0.5) is 11.4 Å². The van der Waals surface area contributed by atoms with E-state index in [0.29, 0.717) is 80.7 Å². The molecule has 0 bridgehead atoms. The van der Waals surface area contributed by atoms with E-state index in [1.54, 1.807) is 14.2 Å². The van der Waals surface area contributed by atoms with Gasteiger partial charge in [-0.2, -0.15) is 0 Å². The Labute approximate surface area is 370 Å². The van der Waals surface area contributed by atoms with Crippen molar-refractivity contribution in [1.29, 1.82) is 0 Å². The van der Waals surface area contributed by atoms with Gasteiger partial charge in [0.15, 0.2) is 0 Å². The highest BCUT2D eigenvalue weighted by molar-refractivity contribution is 5.80. The first-order valence-corrected chi connectivity index (χ1v) is 22.2. The molecule has 0 radical (unpaired) electrons. The molecule has 324 valence electrons. The van der Waals surface area contributed by atoms with Crippen molar-refractivity contribution >= 4 is 11.4 Å². The van der Waals surface area contributed by atoms with Crippen molar-refractivity contribution in [3.63, 3.8) is 0 Å². The molecule has 14 nitrogen and oxygen atoms in total. The fourth-order valence-corrected chi connectivity index (χ4v) is 8.34. The summed E-state index contributed by atoms with van der Waals surface area (Å²) in [6, 6.07) is 32.2. The lowest BCUT2D eigenvalue weighted by Gasteiger charge is -2.39. The maximum atomic E-state index is 6.50. The second-order valence-corrected chi connectivity index (χ2v) is 17.2. The molecule has 0 N–H and O–H groups in total. The summed E-state index contributed by atoms with van der Waals surface area (Å²) in [5.74, 6) is 5.86. The maximum absolute atomic E-state index is 6.50. The minimum Gasteiger partial charge on any atom is -0.496 e. The molecule has 14 heteroatoms. The standard InChI is InChI=1S/C50H48N8O6/c1-30-43(45(55-63-30)34-10-6-4-7-11-34)49-53-51-47(61-49)38-23-21-36(26-41(38)59-2)57(28-32-16-17-32)58(29-33-18-19-33)37-22-24-39(42(27-37)60-3)48-52-54-50(62-48)44-40(25-20-31-14-15-31)64-56-46(44)35-12-8-5-9-13-35/h4-13,21-24,26-27,31-33H,14-20,25,28-29H2,1-3H3. The van der Waals surface area contributed by atoms with Gasteiger partial charge >= 0.3 is 0 Å². The number of anilines is 2. The summed E-state index contributed by atoms with van der Waals surface area (Å²) in [5, 5.41) is 31.6. The largest absolute Gasteiger partial charge is 0.496 e. The molecule has 0 spiro atoms. The molecule has 11 rings (SSSR count). The average molecular weight is 857 g/mol. The van der Waals surface area contributed by atoms with E-state index in [1.165, 1.54) is 38.5 Å². The van der Waals surface area contributed by atoms with Crippen LogP contribution in [0, 0.1) is 24.7 Å². The van der Waals surface area contributed by atoms with E-state index in [1.807, 2.05) is 79.7 Å². The molecule has 4 aromatic heterocycles. The van der Waals surface area contributed by atoms with Gasteiger partial charge in [-0.15, -0.1) is 20.4 Å². The van der Waals surface area contributed by atoms with Crippen molar-refractivity contribution < 1.29 is 27.4 Å². The molecule has 0 aliphatic heterocycles. The molecule has 3 fully saturated rings.